The van der Waals surface area contributed by atoms with Gasteiger partial charge in [0.25, 0.3) is 0 Å². The van der Waals surface area contributed by atoms with Crippen LogP contribution in [0.4, 0.5) is 0 Å². The van der Waals surface area contributed by atoms with Crippen molar-refractivity contribution in [1.82, 2.24) is 0 Å². The summed E-state index contributed by atoms with van der Waals surface area (Å²) in [6, 6.07) is 0. The van der Waals surface area contributed by atoms with Crippen LogP contribution < -0.4 is 0 Å². The van der Waals surface area contributed by atoms with Gasteiger partial charge in [-0.25, -0.2) is 4.79 Å². The molecule has 6 nitrogen and oxygen atoms in total. The Hall–Kier alpha value is -1.59. The van der Waals surface area contributed by atoms with Gasteiger partial charge in [-0.15, -0.1) is 0 Å². The second kappa shape index (κ2) is 7.96. The summed E-state index contributed by atoms with van der Waals surface area (Å²) in [4.78, 5) is 38.3. The van der Waals surface area contributed by atoms with Crippen LogP contribution in [0.25, 0.3) is 0 Å². The molecule has 34 heavy (non-hydrogen) atoms. The van der Waals surface area contributed by atoms with Crippen LogP contribution >= 0.6 is 0 Å². The first-order chi connectivity index (χ1) is 15.8. The first kappa shape index (κ1) is 24.1. The molecule has 0 amide bonds. The Kier molecular flexibility index (Phi) is 5.65. The summed E-state index contributed by atoms with van der Waals surface area (Å²) < 4.78 is 16.7. The number of rotatable bonds is 4. The molecule has 5 fully saturated rings. The number of fused-ring (bicyclic) bond motifs is 4. The summed E-state index contributed by atoms with van der Waals surface area (Å²) in [7, 11) is 0. The number of hydrogen-bond acceptors (Lipinski definition) is 6. The number of cyclic esters (lactones) is 1. The van der Waals surface area contributed by atoms with Gasteiger partial charge in [0, 0.05) is 5.41 Å². The minimum atomic E-state index is -0.801. The van der Waals surface area contributed by atoms with Crippen LogP contribution in [0.3, 0.4) is 0 Å². The van der Waals surface area contributed by atoms with E-state index in [1.807, 2.05) is 34.6 Å². The molecular weight excluding hydrogens is 432 g/mol. The van der Waals surface area contributed by atoms with Gasteiger partial charge in [-0.2, -0.15) is 0 Å². The van der Waals surface area contributed by atoms with Crippen molar-refractivity contribution in [3.63, 3.8) is 0 Å². The molecule has 1 heterocycles. The van der Waals surface area contributed by atoms with Crippen molar-refractivity contribution in [1.29, 1.82) is 0 Å². The van der Waals surface area contributed by atoms with Gasteiger partial charge in [0.05, 0.1) is 11.8 Å². The summed E-state index contributed by atoms with van der Waals surface area (Å²) in [6.45, 7) is 14.6. The van der Waals surface area contributed by atoms with Gasteiger partial charge in [-0.05, 0) is 93.8 Å². The third kappa shape index (κ3) is 3.78. The average Bonchev–Trinajstić information content (AvgIpc) is 3.51. The van der Waals surface area contributed by atoms with Gasteiger partial charge in [-0.1, -0.05) is 27.7 Å². The number of ether oxygens (including phenoxy) is 3. The second-order valence-corrected chi connectivity index (χ2v) is 13.8. The Morgan fingerprint density at radius 2 is 1.50 bits per heavy atom. The summed E-state index contributed by atoms with van der Waals surface area (Å²) in [5.74, 6) is 3.17. The van der Waals surface area contributed by atoms with E-state index in [1.165, 1.54) is 0 Å². The van der Waals surface area contributed by atoms with E-state index in [-0.39, 0.29) is 23.8 Å². The fourth-order valence-corrected chi connectivity index (χ4v) is 8.75. The highest BCUT2D eigenvalue weighted by Gasteiger charge is 2.63. The highest BCUT2D eigenvalue weighted by atomic mass is 16.6. The molecule has 1 aliphatic heterocycles. The van der Waals surface area contributed by atoms with E-state index in [9.17, 15) is 14.4 Å². The Bertz CT molecular complexity index is 869. The number of hydrogen-bond donors (Lipinski definition) is 0. The first-order valence-corrected chi connectivity index (χ1v) is 13.4. The van der Waals surface area contributed by atoms with E-state index in [1.54, 1.807) is 0 Å². The Labute approximate surface area is 203 Å². The highest BCUT2D eigenvalue weighted by molar-refractivity contribution is 5.83. The third-order valence-electron chi connectivity index (χ3n) is 10.2. The van der Waals surface area contributed by atoms with Crippen LogP contribution in [0.5, 0.6) is 0 Å². The lowest BCUT2D eigenvalue weighted by Crippen LogP contribution is -2.44. The molecule has 0 radical (unpaired) electrons. The lowest BCUT2D eigenvalue weighted by molar-refractivity contribution is -0.169. The van der Waals surface area contributed by atoms with Crippen LogP contribution in [0.1, 0.15) is 74.1 Å². The normalized spacial score (nSPS) is 46.6. The minimum absolute atomic E-state index is 0.0137. The molecule has 11 atom stereocenters. The molecule has 4 saturated carbocycles. The molecule has 4 aliphatic carbocycles. The van der Waals surface area contributed by atoms with Crippen molar-refractivity contribution >= 4 is 17.9 Å². The molecule has 5 aliphatic rings. The molecule has 0 aromatic heterocycles. The van der Waals surface area contributed by atoms with Crippen LogP contribution in [-0.2, 0) is 28.6 Å². The van der Waals surface area contributed by atoms with E-state index in [0.717, 1.165) is 25.7 Å². The fourth-order valence-electron chi connectivity index (χ4n) is 8.75. The summed E-state index contributed by atoms with van der Waals surface area (Å²) >= 11 is 0. The smallest absolute Gasteiger partial charge is 0.348 e. The average molecular weight is 475 g/mol. The van der Waals surface area contributed by atoms with Gasteiger partial charge in [0.2, 0.25) is 6.10 Å². The quantitative estimate of drug-likeness (QED) is 0.436. The SMILES string of the molecule is CC1C2CC(CC2C(=O)OC2C(=O)OCC2(C)C)C1C1C(C)C2CC(C(=O)OC(C)(C)C)C1C2. The van der Waals surface area contributed by atoms with Crippen molar-refractivity contribution in [2.24, 2.45) is 64.6 Å². The largest absolute Gasteiger partial charge is 0.462 e. The molecule has 0 spiro atoms. The van der Waals surface area contributed by atoms with E-state index in [4.69, 9.17) is 14.2 Å². The van der Waals surface area contributed by atoms with Crippen molar-refractivity contribution in [2.75, 3.05) is 6.61 Å². The standard InChI is InChI=1S/C28H42O6/c1-13-15-8-18(20(9-15)25(30)34-27(3,4)5)22(13)21-14(2)17-10-16(21)11-19(17)24(29)33-23-26(31)32-12-28(23,6)7/h13-23H,8-12H2,1-7H3. The van der Waals surface area contributed by atoms with Crippen molar-refractivity contribution in [3.8, 4) is 0 Å². The summed E-state index contributed by atoms with van der Waals surface area (Å²) in [5.41, 5.74) is -0.929. The minimum Gasteiger partial charge on any atom is -0.462 e. The topological polar surface area (TPSA) is 78.9 Å². The predicted molar refractivity (Wildman–Crippen MR) is 125 cm³/mol. The first-order valence-electron chi connectivity index (χ1n) is 13.4. The Morgan fingerprint density at radius 1 is 0.882 bits per heavy atom. The third-order valence-corrected chi connectivity index (χ3v) is 10.2. The zero-order valence-corrected chi connectivity index (χ0v) is 21.8. The van der Waals surface area contributed by atoms with Crippen molar-refractivity contribution in [2.45, 2.75) is 85.9 Å². The molecule has 190 valence electrons. The fraction of sp³-hybridized carbons (Fsp3) is 0.893. The lowest BCUT2D eigenvalue weighted by atomic mass is 9.61. The van der Waals surface area contributed by atoms with Gasteiger partial charge in [-0.3, -0.25) is 9.59 Å². The molecule has 4 bridgehead atoms. The highest BCUT2D eigenvalue weighted by Crippen LogP contribution is 2.66. The predicted octanol–water partition coefficient (Wildman–Crippen LogP) is 4.64. The Morgan fingerprint density at radius 3 is 2.06 bits per heavy atom. The molecule has 6 heteroatoms. The molecular formula is C28H42O6. The molecule has 0 N–H and O–H groups in total. The van der Waals surface area contributed by atoms with E-state index in [2.05, 4.69) is 13.8 Å². The second-order valence-electron chi connectivity index (χ2n) is 13.8. The van der Waals surface area contributed by atoms with Crippen LogP contribution in [0.2, 0.25) is 0 Å². The summed E-state index contributed by atoms with van der Waals surface area (Å²) in [5, 5.41) is 0. The van der Waals surface area contributed by atoms with Crippen molar-refractivity contribution < 1.29 is 28.6 Å². The zero-order valence-electron chi connectivity index (χ0n) is 21.8. The van der Waals surface area contributed by atoms with E-state index < -0.39 is 23.1 Å². The van der Waals surface area contributed by atoms with Gasteiger partial charge >= 0.3 is 17.9 Å². The lowest BCUT2D eigenvalue weighted by Gasteiger charge is -2.44. The zero-order chi connectivity index (χ0) is 24.7. The molecule has 0 aromatic rings. The Balaban J connectivity index is 1.27. The van der Waals surface area contributed by atoms with Crippen molar-refractivity contribution in [3.05, 3.63) is 0 Å². The number of carbonyl (C=O) groups excluding carboxylic acids is 3. The van der Waals surface area contributed by atoms with Gasteiger partial charge < -0.3 is 14.2 Å². The van der Waals surface area contributed by atoms with Crippen LogP contribution in [-0.4, -0.2) is 36.2 Å². The molecule has 5 rings (SSSR count). The van der Waals surface area contributed by atoms with E-state index in [0.29, 0.717) is 54.0 Å². The molecule has 11 unspecified atom stereocenters. The van der Waals surface area contributed by atoms with Crippen LogP contribution in [0, 0.1) is 64.6 Å². The van der Waals surface area contributed by atoms with Gasteiger partial charge in [0.1, 0.15) is 12.2 Å². The van der Waals surface area contributed by atoms with Gasteiger partial charge in [0.15, 0.2) is 0 Å². The maximum absolute atomic E-state index is 13.2. The maximum atomic E-state index is 13.2. The number of esters is 3. The monoisotopic (exact) mass is 474 g/mol. The van der Waals surface area contributed by atoms with E-state index >= 15 is 0 Å². The molecule has 1 saturated heterocycles. The van der Waals surface area contributed by atoms with Crippen LogP contribution in [0.15, 0.2) is 0 Å². The summed E-state index contributed by atoms with van der Waals surface area (Å²) in [6.07, 6.45) is 3.21. The maximum Gasteiger partial charge on any atom is 0.348 e. The molecule has 0 aromatic carbocycles. The number of carbonyl (C=O) groups is 3.